The number of benzene rings is 2. The molecule has 108 valence electrons. The molecule has 4 heteroatoms. The Morgan fingerprint density at radius 3 is 2.76 bits per heavy atom. The maximum absolute atomic E-state index is 9.58. The van der Waals surface area contributed by atoms with Gasteiger partial charge in [-0.2, -0.15) is 0 Å². The molecule has 3 nitrogen and oxygen atoms in total. The van der Waals surface area contributed by atoms with Crippen LogP contribution in [-0.2, 0) is 6.61 Å². The zero-order valence-electron chi connectivity index (χ0n) is 12.0. The highest BCUT2D eigenvalue weighted by Gasteiger charge is 2.07. The SMILES string of the molecule is Cc1cc(C(C)O)ccc1OCc1nc2ccccc2s1. The molecule has 0 saturated carbocycles. The Kier molecular flexibility index (Phi) is 3.90. The minimum atomic E-state index is -0.456. The van der Waals surface area contributed by atoms with Gasteiger partial charge in [-0.3, -0.25) is 0 Å². The number of para-hydroxylation sites is 1. The zero-order valence-corrected chi connectivity index (χ0v) is 12.9. The summed E-state index contributed by atoms with van der Waals surface area (Å²) in [5, 5.41) is 10.5. The molecule has 0 aliphatic rings. The van der Waals surface area contributed by atoms with Crippen molar-refractivity contribution >= 4 is 21.6 Å². The first-order valence-electron chi connectivity index (χ1n) is 6.89. The average Bonchev–Trinajstić information content (AvgIpc) is 2.88. The summed E-state index contributed by atoms with van der Waals surface area (Å²) in [4.78, 5) is 4.56. The van der Waals surface area contributed by atoms with Crippen LogP contribution >= 0.6 is 11.3 Å². The van der Waals surface area contributed by atoms with Crippen molar-refractivity contribution in [1.29, 1.82) is 0 Å². The Hall–Kier alpha value is -1.91. The van der Waals surface area contributed by atoms with Crippen molar-refractivity contribution < 1.29 is 9.84 Å². The van der Waals surface area contributed by atoms with Crippen molar-refractivity contribution in [2.45, 2.75) is 26.6 Å². The van der Waals surface area contributed by atoms with Crippen LogP contribution in [0, 0.1) is 6.92 Å². The fourth-order valence-electron chi connectivity index (χ4n) is 2.22. The Balaban J connectivity index is 1.75. The van der Waals surface area contributed by atoms with Gasteiger partial charge in [-0.05, 0) is 49.2 Å². The second-order valence-electron chi connectivity index (χ2n) is 5.06. The van der Waals surface area contributed by atoms with E-state index in [2.05, 4.69) is 11.1 Å². The third kappa shape index (κ3) is 3.06. The summed E-state index contributed by atoms with van der Waals surface area (Å²) in [6.45, 7) is 4.21. The van der Waals surface area contributed by atoms with E-state index in [4.69, 9.17) is 4.74 Å². The van der Waals surface area contributed by atoms with Crippen LogP contribution < -0.4 is 4.74 Å². The zero-order chi connectivity index (χ0) is 14.8. The predicted octanol–water partition coefficient (Wildman–Crippen LogP) is 4.24. The quantitative estimate of drug-likeness (QED) is 0.783. The number of thiazole rings is 1. The molecule has 1 heterocycles. The first-order valence-corrected chi connectivity index (χ1v) is 7.71. The van der Waals surface area contributed by atoms with E-state index in [9.17, 15) is 5.11 Å². The fraction of sp³-hybridized carbons (Fsp3) is 0.235. The largest absolute Gasteiger partial charge is 0.486 e. The van der Waals surface area contributed by atoms with E-state index >= 15 is 0 Å². The van der Waals surface area contributed by atoms with E-state index in [1.165, 1.54) is 4.70 Å². The fourth-order valence-corrected chi connectivity index (χ4v) is 3.10. The maximum atomic E-state index is 9.58. The van der Waals surface area contributed by atoms with E-state index < -0.39 is 6.10 Å². The molecular formula is C17H17NO2S. The van der Waals surface area contributed by atoms with Crippen LogP contribution in [-0.4, -0.2) is 10.1 Å². The summed E-state index contributed by atoms with van der Waals surface area (Å²) in [6, 6.07) is 13.8. The van der Waals surface area contributed by atoms with Crippen molar-refractivity contribution in [3.63, 3.8) is 0 Å². The van der Waals surface area contributed by atoms with Crippen LogP contribution in [0.25, 0.3) is 10.2 Å². The van der Waals surface area contributed by atoms with Crippen LogP contribution in [0.2, 0.25) is 0 Å². The first kappa shape index (κ1) is 14.0. The molecular weight excluding hydrogens is 282 g/mol. The lowest BCUT2D eigenvalue weighted by molar-refractivity contribution is 0.199. The molecule has 0 spiro atoms. The predicted molar refractivity (Wildman–Crippen MR) is 85.8 cm³/mol. The second kappa shape index (κ2) is 5.84. The normalized spacial score (nSPS) is 12.5. The number of aliphatic hydroxyl groups excluding tert-OH is 1. The molecule has 21 heavy (non-hydrogen) atoms. The summed E-state index contributed by atoms with van der Waals surface area (Å²) in [6.07, 6.45) is -0.456. The number of hydrogen-bond acceptors (Lipinski definition) is 4. The number of fused-ring (bicyclic) bond motifs is 1. The van der Waals surface area contributed by atoms with Gasteiger partial charge >= 0.3 is 0 Å². The Morgan fingerprint density at radius 2 is 2.05 bits per heavy atom. The van der Waals surface area contributed by atoms with Gasteiger partial charge in [0, 0.05) is 0 Å². The van der Waals surface area contributed by atoms with Crippen LogP contribution in [0.15, 0.2) is 42.5 Å². The summed E-state index contributed by atoms with van der Waals surface area (Å²) in [5.41, 5.74) is 2.94. The third-order valence-corrected chi connectivity index (χ3v) is 4.38. The molecule has 0 aliphatic heterocycles. The lowest BCUT2D eigenvalue weighted by Crippen LogP contribution is -1.98. The molecule has 1 atom stereocenters. The number of nitrogens with zero attached hydrogens (tertiary/aromatic N) is 1. The van der Waals surface area contributed by atoms with Gasteiger partial charge in [0.25, 0.3) is 0 Å². The van der Waals surface area contributed by atoms with Crippen molar-refractivity contribution in [1.82, 2.24) is 4.98 Å². The molecule has 2 aromatic carbocycles. The van der Waals surface area contributed by atoms with E-state index in [0.717, 1.165) is 27.4 Å². The Labute approximate surface area is 127 Å². The van der Waals surface area contributed by atoms with Crippen molar-refractivity contribution in [2.24, 2.45) is 0 Å². The van der Waals surface area contributed by atoms with Gasteiger partial charge in [-0.1, -0.05) is 18.2 Å². The Bertz CT molecular complexity index is 731. The standard InChI is InChI=1S/C17H17NO2S/c1-11-9-13(12(2)19)7-8-15(11)20-10-17-18-14-5-3-4-6-16(14)21-17/h3-9,12,19H,10H2,1-2H3. The summed E-state index contributed by atoms with van der Waals surface area (Å²) in [5.74, 6) is 0.832. The smallest absolute Gasteiger partial charge is 0.140 e. The van der Waals surface area contributed by atoms with Crippen LogP contribution in [0.5, 0.6) is 5.75 Å². The monoisotopic (exact) mass is 299 g/mol. The molecule has 1 N–H and O–H groups in total. The van der Waals surface area contributed by atoms with Crippen molar-refractivity contribution in [3.05, 3.63) is 58.6 Å². The van der Waals surface area contributed by atoms with E-state index in [0.29, 0.717) is 6.61 Å². The van der Waals surface area contributed by atoms with Crippen molar-refractivity contribution in [2.75, 3.05) is 0 Å². The van der Waals surface area contributed by atoms with Gasteiger partial charge in [0.2, 0.25) is 0 Å². The molecule has 1 aromatic heterocycles. The maximum Gasteiger partial charge on any atom is 0.140 e. The number of hydrogen-bond donors (Lipinski definition) is 1. The minimum absolute atomic E-state index is 0.456. The van der Waals surface area contributed by atoms with Gasteiger partial charge in [-0.15, -0.1) is 11.3 Å². The molecule has 0 bridgehead atoms. The van der Waals surface area contributed by atoms with Crippen LogP contribution in [0.1, 0.15) is 29.2 Å². The molecule has 0 radical (unpaired) electrons. The average molecular weight is 299 g/mol. The van der Waals surface area contributed by atoms with E-state index in [1.54, 1.807) is 18.3 Å². The van der Waals surface area contributed by atoms with Gasteiger partial charge < -0.3 is 9.84 Å². The van der Waals surface area contributed by atoms with Gasteiger partial charge in [-0.25, -0.2) is 4.98 Å². The van der Waals surface area contributed by atoms with Gasteiger partial charge in [0.15, 0.2) is 0 Å². The van der Waals surface area contributed by atoms with Gasteiger partial charge in [0.1, 0.15) is 17.4 Å². The number of ether oxygens (including phenoxy) is 1. The third-order valence-electron chi connectivity index (χ3n) is 3.37. The molecule has 1 unspecified atom stereocenters. The van der Waals surface area contributed by atoms with Crippen LogP contribution in [0.4, 0.5) is 0 Å². The van der Waals surface area contributed by atoms with Gasteiger partial charge in [0.05, 0.1) is 16.3 Å². The minimum Gasteiger partial charge on any atom is -0.486 e. The number of aliphatic hydroxyl groups is 1. The lowest BCUT2D eigenvalue weighted by atomic mass is 10.1. The highest BCUT2D eigenvalue weighted by atomic mass is 32.1. The first-order chi connectivity index (χ1) is 10.1. The highest BCUT2D eigenvalue weighted by molar-refractivity contribution is 7.18. The molecule has 3 aromatic rings. The van der Waals surface area contributed by atoms with Crippen molar-refractivity contribution in [3.8, 4) is 5.75 Å². The number of rotatable bonds is 4. The van der Waals surface area contributed by atoms with E-state index in [1.807, 2.05) is 43.3 Å². The lowest BCUT2D eigenvalue weighted by Gasteiger charge is -2.11. The molecule has 0 fully saturated rings. The number of aromatic nitrogens is 1. The number of aryl methyl sites for hydroxylation is 1. The molecule has 0 amide bonds. The second-order valence-corrected chi connectivity index (χ2v) is 6.18. The highest BCUT2D eigenvalue weighted by Crippen LogP contribution is 2.26. The Morgan fingerprint density at radius 1 is 1.24 bits per heavy atom. The molecule has 0 aliphatic carbocycles. The summed E-state index contributed by atoms with van der Waals surface area (Å²) >= 11 is 1.65. The molecule has 3 rings (SSSR count). The van der Waals surface area contributed by atoms with E-state index in [-0.39, 0.29) is 0 Å². The summed E-state index contributed by atoms with van der Waals surface area (Å²) < 4.78 is 7.03. The topological polar surface area (TPSA) is 42.4 Å². The van der Waals surface area contributed by atoms with Crippen LogP contribution in [0.3, 0.4) is 0 Å². The summed E-state index contributed by atoms with van der Waals surface area (Å²) in [7, 11) is 0. The molecule has 0 saturated heterocycles.